The molecule has 2 N–H and O–H groups in total. The Hall–Kier alpha value is -2.74. The molecule has 1 aliphatic heterocycles. The van der Waals surface area contributed by atoms with Crippen LogP contribution < -0.4 is 10.5 Å². The van der Waals surface area contributed by atoms with Crippen LogP contribution in [0, 0.1) is 6.92 Å². The number of nitrogens with two attached hydrogens (primary N) is 1. The Kier molecular flexibility index (Phi) is 4.57. The quantitative estimate of drug-likeness (QED) is 0.823. The Balaban J connectivity index is 2.00. The zero-order chi connectivity index (χ0) is 17.1. The third-order valence-electron chi connectivity index (χ3n) is 3.98. The van der Waals surface area contributed by atoms with E-state index in [-0.39, 0.29) is 11.9 Å². The number of rotatable bonds is 4. The standard InChI is InChI=1S/C16H20N6O2/c1-11-18-19-20-22(11)15(16(23)21-7-6-13(17)10-21)9-12-4-3-5-14(8-12)24-2/h3-5,8-9,13H,6-7,10,17H2,1-2H3. The predicted octanol–water partition coefficient (Wildman–Crippen LogP) is 0.548. The lowest BCUT2D eigenvalue weighted by Gasteiger charge is -2.18. The van der Waals surface area contributed by atoms with Gasteiger partial charge in [-0.05, 0) is 47.5 Å². The molecule has 1 unspecified atom stereocenters. The second-order valence-corrected chi connectivity index (χ2v) is 5.74. The Morgan fingerprint density at radius 1 is 1.46 bits per heavy atom. The van der Waals surface area contributed by atoms with E-state index >= 15 is 0 Å². The van der Waals surface area contributed by atoms with Crippen molar-refractivity contribution < 1.29 is 9.53 Å². The van der Waals surface area contributed by atoms with E-state index in [4.69, 9.17) is 10.5 Å². The highest BCUT2D eigenvalue weighted by Gasteiger charge is 2.28. The number of aryl methyl sites for hydroxylation is 1. The van der Waals surface area contributed by atoms with Crippen LogP contribution in [0.2, 0.25) is 0 Å². The number of hydrogen-bond donors (Lipinski definition) is 1. The number of hydrogen-bond acceptors (Lipinski definition) is 6. The Morgan fingerprint density at radius 3 is 2.92 bits per heavy atom. The first kappa shape index (κ1) is 16.1. The minimum absolute atomic E-state index is 0.0157. The van der Waals surface area contributed by atoms with Crippen LogP contribution in [0.1, 0.15) is 17.8 Å². The van der Waals surface area contributed by atoms with Crippen molar-refractivity contribution in [1.82, 2.24) is 25.1 Å². The molecule has 24 heavy (non-hydrogen) atoms. The molecule has 0 aliphatic carbocycles. The van der Waals surface area contributed by atoms with Gasteiger partial charge in [0.2, 0.25) is 0 Å². The molecule has 1 saturated heterocycles. The molecule has 1 fully saturated rings. The van der Waals surface area contributed by atoms with Gasteiger partial charge >= 0.3 is 0 Å². The van der Waals surface area contributed by atoms with Gasteiger partial charge in [0, 0.05) is 19.1 Å². The van der Waals surface area contributed by atoms with Crippen molar-refractivity contribution in [1.29, 1.82) is 0 Å². The molecule has 8 heteroatoms. The maximum absolute atomic E-state index is 13.0. The molecule has 1 atom stereocenters. The van der Waals surface area contributed by atoms with Gasteiger partial charge in [-0.15, -0.1) is 5.10 Å². The first-order valence-electron chi connectivity index (χ1n) is 7.74. The van der Waals surface area contributed by atoms with Crippen molar-refractivity contribution in [2.75, 3.05) is 20.2 Å². The first-order valence-corrected chi connectivity index (χ1v) is 7.74. The molecule has 0 saturated carbocycles. The SMILES string of the molecule is COc1cccc(C=C(C(=O)N2CCC(N)C2)n2nnnc2C)c1. The van der Waals surface area contributed by atoms with Crippen LogP contribution in [0.15, 0.2) is 24.3 Å². The van der Waals surface area contributed by atoms with Crippen molar-refractivity contribution in [3.8, 4) is 5.75 Å². The van der Waals surface area contributed by atoms with Gasteiger partial charge < -0.3 is 15.4 Å². The minimum atomic E-state index is -0.138. The van der Waals surface area contributed by atoms with Crippen LogP contribution >= 0.6 is 0 Å². The van der Waals surface area contributed by atoms with E-state index in [2.05, 4.69) is 15.5 Å². The van der Waals surface area contributed by atoms with Crippen molar-refractivity contribution in [2.24, 2.45) is 5.73 Å². The van der Waals surface area contributed by atoms with Gasteiger partial charge in [0.05, 0.1) is 7.11 Å². The van der Waals surface area contributed by atoms with Crippen molar-refractivity contribution >= 4 is 17.7 Å². The van der Waals surface area contributed by atoms with Crippen LogP contribution in [-0.4, -0.2) is 57.3 Å². The smallest absolute Gasteiger partial charge is 0.272 e. The molecule has 0 spiro atoms. The topological polar surface area (TPSA) is 99.2 Å². The number of amides is 1. The van der Waals surface area contributed by atoms with E-state index in [0.29, 0.717) is 30.4 Å². The fraction of sp³-hybridized carbons (Fsp3) is 0.375. The predicted molar refractivity (Wildman–Crippen MR) is 88.9 cm³/mol. The molecule has 1 aromatic heterocycles. The number of carbonyl (C=O) groups is 1. The van der Waals surface area contributed by atoms with Crippen molar-refractivity contribution in [2.45, 2.75) is 19.4 Å². The summed E-state index contributed by atoms with van der Waals surface area (Å²) in [6, 6.07) is 7.47. The van der Waals surface area contributed by atoms with Crippen LogP contribution in [0.3, 0.4) is 0 Å². The zero-order valence-corrected chi connectivity index (χ0v) is 13.7. The Morgan fingerprint density at radius 2 is 2.29 bits per heavy atom. The molecule has 2 aromatic rings. The summed E-state index contributed by atoms with van der Waals surface area (Å²) in [4.78, 5) is 14.7. The molecule has 126 valence electrons. The highest BCUT2D eigenvalue weighted by atomic mass is 16.5. The molecular formula is C16H20N6O2. The molecule has 8 nitrogen and oxygen atoms in total. The Labute approximate surface area is 139 Å². The molecule has 3 rings (SSSR count). The number of tetrazole rings is 1. The van der Waals surface area contributed by atoms with Gasteiger partial charge in [0.25, 0.3) is 5.91 Å². The summed E-state index contributed by atoms with van der Waals surface area (Å²) in [5.41, 5.74) is 7.14. The molecule has 1 aliphatic rings. The second kappa shape index (κ2) is 6.79. The van der Waals surface area contributed by atoms with Gasteiger partial charge in [-0.1, -0.05) is 12.1 Å². The molecular weight excluding hydrogens is 308 g/mol. The van der Waals surface area contributed by atoms with E-state index in [1.165, 1.54) is 4.68 Å². The monoisotopic (exact) mass is 328 g/mol. The second-order valence-electron chi connectivity index (χ2n) is 5.74. The number of nitrogens with zero attached hydrogens (tertiary/aromatic N) is 5. The van der Waals surface area contributed by atoms with E-state index < -0.39 is 0 Å². The lowest BCUT2D eigenvalue weighted by Crippen LogP contribution is -2.34. The maximum atomic E-state index is 13.0. The summed E-state index contributed by atoms with van der Waals surface area (Å²) in [6.07, 6.45) is 2.56. The van der Waals surface area contributed by atoms with Crippen LogP contribution in [0.25, 0.3) is 11.8 Å². The summed E-state index contributed by atoms with van der Waals surface area (Å²) in [5, 5.41) is 11.5. The van der Waals surface area contributed by atoms with E-state index in [1.54, 1.807) is 25.0 Å². The lowest BCUT2D eigenvalue weighted by atomic mass is 10.1. The summed E-state index contributed by atoms with van der Waals surface area (Å²) in [6.45, 7) is 2.93. The van der Waals surface area contributed by atoms with Gasteiger partial charge in [-0.2, -0.15) is 4.68 Å². The lowest BCUT2D eigenvalue weighted by molar-refractivity contribution is -0.124. The van der Waals surface area contributed by atoms with Crippen LogP contribution in [0.5, 0.6) is 5.75 Å². The van der Waals surface area contributed by atoms with Gasteiger partial charge in [0.15, 0.2) is 5.82 Å². The number of methoxy groups -OCH3 is 1. The first-order chi connectivity index (χ1) is 11.6. The van der Waals surface area contributed by atoms with Crippen molar-refractivity contribution in [3.05, 3.63) is 35.7 Å². The van der Waals surface area contributed by atoms with E-state index in [9.17, 15) is 4.79 Å². The highest BCUT2D eigenvalue weighted by molar-refractivity contribution is 6.18. The minimum Gasteiger partial charge on any atom is -0.497 e. The van der Waals surface area contributed by atoms with Crippen LogP contribution in [0.4, 0.5) is 0 Å². The number of benzene rings is 1. The largest absolute Gasteiger partial charge is 0.497 e. The average Bonchev–Trinajstić information content (AvgIpc) is 3.21. The number of carbonyl (C=O) groups excluding carboxylic acids is 1. The third kappa shape index (κ3) is 3.28. The summed E-state index contributed by atoms with van der Waals surface area (Å²) in [7, 11) is 1.60. The van der Waals surface area contributed by atoms with Crippen LogP contribution in [-0.2, 0) is 4.79 Å². The van der Waals surface area contributed by atoms with Gasteiger partial charge in [-0.25, -0.2) is 0 Å². The molecule has 0 bridgehead atoms. The number of ether oxygens (including phenoxy) is 1. The molecule has 2 heterocycles. The Bertz CT molecular complexity index is 769. The maximum Gasteiger partial charge on any atom is 0.272 e. The molecule has 1 aromatic carbocycles. The summed E-state index contributed by atoms with van der Waals surface area (Å²) < 4.78 is 6.69. The summed E-state index contributed by atoms with van der Waals surface area (Å²) in [5.74, 6) is 1.12. The summed E-state index contributed by atoms with van der Waals surface area (Å²) >= 11 is 0. The van der Waals surface area contributed by atoms with Gasteiger partial charge in [-0.3, -0.25) is 4.79 Å². The normalized spacial score (nSPS) is 18.0. The average molecular weight is 328 g/mol. The number of aromatic nitrogens is 4. The fourth-order valence-electron chi connectivity index (χ4n) is 2.69. The molecule has 0 radical (unpaired) electrons. The van der Waals surface area contributed by atoms with Crippen molar-refractivity contribution in [3.63, 3.8) is 0 Å². The van der Waals surface area contributed by atoms with E-state index in [1.807, 2.05) is 24.3 Å². The number of likely N-dealkylation sites (tertiary alicyclic amines) is 1. The molecule has 1 amide bonds. The van der Waals surface area contributed by atoms with E-state index in [0.717, 1.165) is 12.0 Å². The zero-order valence-electron chi connectivity index (χ0n) is 13.7. The van der Waals surface area contributed by atoms with Gasteiger partial charge in [0.1, 0.15) is 11.4 Å². The third-order valence-corrected chi connectivity index (χ3v) is 3.98. The highest BCUT2D eigenvalue weighted by Crippen LogP contribution is 2.20. The fourth-order valence-corrected chi connectivity index (χ4v) is 2.69.